The Labute approximate surface area is 80.9 Å². The Kier molecular flexibility index (Phi) is 1.37. The van der Waals surface area contributed by atoms with Crippen LogP contribution in [0.2, 0.25) is 0 Å². The van der Waals surface area contributed by atoms with E-state index >= 15 is 0 Å². The first kappa shape index (κ1) is 7.79. The van der Waals surface area contributed by atoms with E-state index in [9.17, 15) is 0 Å². The fourth-order valence-electron chi connectivity index (χ4n) is 2.93. The summed E-state index contributed by atoms with van der Waals surface area (Å²) in [6, 6.07) is 0. The van der Waals surface area contributed by atoms with Crippen molar-refractivity contribution >= 4 is 11.4 Å². The molecule has 0 aromatic heterocycles. The zero-order valence-electron chi connectivity index (χ0n) is 7.41. The van der Waals surface area contributed by atoms with Crippen molar-refractivity contribution in [2.75, 3.05) is 0 Å². The largest absolute Gasteiger partial charge is 0.411 e. The molecule has 0 aromatic carbocycles. The van der Waals surface area contributed by atoms with Crippen molar-refractivity contribution in [2.24, 2.45) is 34.0 Å². The molecule has 3 aliphatic rings. The molecule has 4 heteroatoms. The highest BCUT2D eigenvalue weighted by molar-refractivity contribution is 6.09. The van der Waals surface area contributed by atoms with Crippen LogP contribution < -0.4 is 0 Å². The van der Waals surface area contributed by atoms with Crippen molar-refractivity contribution in [1.29, 1.82) is 0 Å². The summed E-state index contributed by atoms with van der Waals surface area (Å²) in [6.07, 6.45) is 8.01. The van der Waals surface area contributed by atoms with Crippen molar-refractivity contribution in [3.63, 3.8) is 0 Å². The molecule has 72 valence electrons. The standard InChI is InChI=1S/C10H10N2O2/c13-11-8-4-3-5-6-1-2-7(9(5)8)10(6)12-14/h1-7,9,13-14H/b11-8-,12-10-/t5-,6+,7+,9+/m1/s1. The van der Waals surface area contributed by atoms with Gasteiger partial charge in [0.15, 0.2) is 0 Å². The summed E-state index contributed by atoms with van der Waals surface area (Å²) < 4.78 is 0. The maximum absolute atomic E-state index is 8.88. The van der Waals surface area contributed by atoms with Crippen LogP contribution in [0.5, 0.6) is 0 Å². The number of hydrogen-bond acceptors (Lipinski definition) is 4. The molecule has 0 heterocycles. The molecule has 14 heavy (non-hydrogen) atoms. The third-order valence-electron chi connectivity index (χ3n) is 3.49. The molecule has 1 saturated carbocycles. The van der Waals surface area contributed by atoms with Crippen molar-refractivity contribution in [1.82, 2.24) is 0 Å². The second-order valence-electron chi connectivity index (χ2n) is 3.95. The minimum Gasteiger partial charge on any atom is -0.411 e. The van der Waals surface area contributed by atoms with Gasteiger partial charge in [0.1, 0.15) is 0 Å². The van der Waals surface area contributed by atoms with E-state index in [0.29, 0.717) is 11.6 Å². The first-order chi connectivity index (χ1) is 6.86. The smallest absolute Gasteiger partial charge is 0.0839 e. The fraction of sp³-hybridized carbons (Fsp3) is 0.400. The average Bonchev–Trinajstić information content (AvgIpc) is 2.87. The molecule has 0 spiro atoms. The second-order valence-corrected chi connectivity index (χ2v) is 3.95. The minimum atomic E-state index is 0.121. The Bertz CT molecular complexity index is 395. The summed E-state index contributed by atoms with van der Waals surface area (Å²) in [5.74, 6) is 0.823. The number of fused-ring (bicyclic) bond motifs is 5. The van der Waals surface area contributed by atoms with E-state index in [-0.39, 0.29) is 17.8 Å². The lowest BCUT2D eigenvalue weighted by Gasteiger charge is -2.17. The van der Waals surface area contributed by atoms with Gasteiger partial charge >= 0.3 is 0 Å². The zero-order chi connectivity index (χ0) is 9.71. The lowest BCUT2D eigenvalue weighted by molar-refractivity contribution is 0.312. The highest BCUT2D eigenvalue weighted by Gasteiger charge is 2.52. The van der Waals surface area contributed by atoms with Crippen LogP contribution in [0.25, 0.3) is 0 Å². The van der Waals surface area contributed by atoms with Gasteiger partial charge in [0.25, 0.3) is 0 Å². The van der Waals surface area contributed by atoms with Crippen LogP contribution in [0.1, 0.15) is 0 Å². The van der Waals surface area contributed by atoms with Crippen LogP contribution in [-0.2, 0) is 0 Å². The van der Waals surface area contributed by atoms with Crippen molar-refractivity contribution < 1.29 is 10.4 Å². The molecule has 0 radical (unpaired) electrons. The molecule has 0 unspecified atom stereocenters. The SMILES string of the molecule is O/N=C1/C=C[C@H]2[C@H]1[C@@H]1C=C[C@@H]2/C1=N/O. The van der Waals surface area contributed by atoms with Gasteiger partial charge in [-0.15, -0.1) is 0 Å². The molecule has 0 saturated heterocycles. The van der Waals surface area contributed by atoms with Gasteiger partial charge in [0, 0.05) is 17.8 Å². The van der Waals surface area contributed by atoms with E-state index in [4.69, 9.17) is 10.4 Å². The number of hydrogen-bond donors (Lipinski definition) is 2. The molecule has 4 atom stereocenters. The topological polar surface area (TPSA) is 65.2 Å². The van der Waals surface area contributed by atoms with E-state index in [0.717, 1.165) is 5.71 Å². The highest BCUT2D eigenvalue weighted by Crippen LogP contribution is 2.49. The van der Waals surface area contributed by atoms with Crippen LogP contribution in [0, 0.1) is 23.7 Å². The summed E-state index contributed by atoms with van der Waals surface area (Å²) in [6.45, 7) is 0. The highest BCUT2D eigenvalue weighted by atomic mass is 16.4. The summed E-state index contributed by atoms with van der Waals surface area (Å²) in [7, 11) is 0. The predicted octanol–water partition coefficient (Wildman–Crippen LogP) is 1.26. The summed E-state index contributed by atoms with van der Waals surface area (Å²) in [5.41, 5.74) is 1.51. The lowest BCUT2D eigenvalue weighted by atomic mass is 9.85. The molecule has 0 aliphatic heterocycles. The molecule has 3 rings (SSSR count). The number of oxime groups is 2. The number of allylic oxidation sites excluding steroid dienone is 4. The van der Waals surface area contributed by atoms with E-state index < -0.39 is 0 Å². The number of rotatable bonds is 0. The molecule has 3 aliphatic carbocycles. The molecule has 0 amide bonds. The Morgan fingerprint density at radius 2 is 1.79 bits per heavy atom. The lowest BCUT2D eigenvalue weighted by Crippen LogP contribution is -2.20. The van der Waals surface area contributed by atoms with E-state index in [2.05, 4.69) is 16.4 Å². The van der Waals surface area contributed by atoms with Gasteiger partial charge in [-0.1, -0.05) is 28.5 Å². The van der Waals surface area contributed by atoms with Gasteiger partial charge in [0.05, 0.1) is 11.4 Å². The maximum Gasteiger partial charge on any atom is 0.0839 e. The Balaban J connectivity index is 2.08. The molecule has 0 aromatic rings. The second kappa shape index (κ2) is 2.47. The Morgan fingerprint density at radius 1 is 1.00 bits per heavy atom. The molecule has 4 nitrogen and oxygen atoms in total. The third-order valence-corrected chi connectivity index (χ3v) is 3.49. The average molecular weight is 190 g/mol. The van der Waals surface area contributed by atoms with Gasteiger partial charge in [-0.25, -0.2) is 0 Å². The van der Waals surface area contributed by atoms with Crippen molar-refractivity contribution in [2.45, 2.75) is 0 Å². The molecule has 1 fully saturated rings. The maximum atomic E-state index is 8.88. The van der Waals surface area contributed by atoms with Crippen LogP contribution in [0.4, 0.5) is 0 Å². The van der Waals surface area contributed by atoms with E-state index in [1.807, 2.05) is 18.2 Å². The summed E-state index contributed by atoms with van der Waals surface area (Å²) in [4.78, 5) is 0. The van der Waals surface area contributed by atoms with Crippen LogP contribution in [-0.4, -0.2) is 21.8 Å². The quantitative estimate of drug-likeness (QED) is 0.343. The minimum absolute atomic E-state index is 0.121. The van der Waals surface area contributed by atoms with Gasteiger partial charge in [-0.2, -0.15) is 0 Å². The first-order valence-corrected chi connectivity index (χ1v) is 4.67. The Morgan fingerprint density at radius 3 is 2.50 bits per heavy atom. The van der Waals surface area contributed by atoms with E-state index in [1.165, 1.54) is 0 Å². The zero-order valence-corrected chi connectivity index (χ0v) is 7.41. The van der Waals surface area contributed by atoms with Gasteiger partial charge in [-0.3, -0.25) is 0 Å². The molecular weight excluding hydrogens is 180 g/mol. The van der Waals surface area contributed by atoms with Crippen LogP contribution >= 0.6 is 0 Å². The van der Waals surface area contributed by atoms with Gasteiger partial charge in [-0.05, 0) is 12.0 Å². The normalized spacial score (nSPS) is 48.3. The number of nitrogens with zero attached hydrogens (tertiary/aromatic N) is 2. The van der Waals surface area contributed by atoms with Gasteiger partial charge < -0.3 is 10.4 Å². The first-order valence-electron chi connectivity index (χ1n) is 4.67. The monoisotopic (exact) mass is 190 g/mol. The molecule has 2 N–H and O–H groups in total. The fourth-order valence-corrected chi connectivity index (χ4v) is 2.93. The van der Waals surface area contributed by atoms with Crippen molar-refractivity contribution in [3.05, 3.63) is 24.3 Å². The Hall–Kier alpha value is -1.58. The van der Waals surface area contributed by atoms with Gasteiger partial charge in [0.2, 0.25) is 0 Å². The van der Waals surface area contributed by atoms with Crippen molar-refractivity contribution in [3.8, 4) is 0 Å². The summed E-state index contributed by atoms with van der Waals surface area (Å²) >= 11 is 0. The summed E-state index contributed by atoms with van der Waals surface area (Å²) in [5, 5.41) is 24.3. The molecule has 2 bridgehead atoms. The van der Waals surface area contributed by atoms with Crippen LogP contribution in [0.15, 0.2) is 34.6 Å². The van der Waals surface area contributed by atoms with E-state index in [1.54, 1.807) is 0 Å². The predicted molar refractivity (Wildman–Crippen MR) is 50.7 cm³/mol. The van der Waals surface area contributed by atoms with Crippen LogP contribution in [0.3, 0.4) is 0 Å². The molecular formula is C10H10N2O2. The third kappa shape index (κ3) is 0.697.